The molecule has 0 saturated carbocycles. The number of ether oxygens (including phenoxy) is 1. The molecule has 7 heteroatoms. The molecule has 1 N–H and O–H groups in total. The van der Waals surface area contributed by atoms with Crippen LogP contribution >= 0.6 is 0 Å². The van der Waals surface area contributed by atoms with E-state index in [0.717, 1.165) is 22.6 Å². The predicted octanol–water partition coefficient (Wildman–Crippen LogP) is 5.49. The Morgan fingerprint density at radius 3 is 1.71 bits per heavy atom. The highest BCUT2D eigenvalue weighted by atomic mass is 16.5. The predicted molar refractivity (Wildman–Crippen MR) is 128 cm³/mol. The van der Waals surface area contributed by atoms with E-state index in [1.54, 1.807) is 30.3 Å². The summed E-state index contributed by atoms with van der Waals surface area (Å²) in [4.78, 5) is 23.6. The third-order valence-corrected chi connectivity index (χ3v) is 4.84. The summed E-state index contributed by atoms with van der Waals surface area (Å²) in [7, 11) is 0. The number of carboxylic acid groups (broad SMARTS) is 1. The number of anilines is 3. The molecule has 166 valence electrons. The Balaban J connectivity index is 2.01. The van der Waals surface area contributed by atoms with Crippen LogP contribution in [0.25, 0.3) is 12.2 Å². The van der Waals surface area contributed by atoms with Gasteiger partial charge in [0.15, 0.2) is 0 Å². The van der Waals surface area contributed by atoms with Gasteiger partial charge in [-0.3, -0.25) is 4.79 Å². The molecule has 0 saturated heterocycles. The minimum Gasteiger partial charge on any atom is -0.477 e. The average molecular weight is 449 g/mol. The fourth-order valence-electron chi connectivity index (χ4n) is 3.18. The number of carboxylic acids is 1. The van der Waals surface area contributed by atoms with E-state index in [-0.39, 0.29) is 17.8 Å². The molecule has 3 rings (SSSR count). The van der Waals surface area contributed by atoms with Gasteiger partial charge in [0.1, 0.15) is 17.7 Å². The molecule has 0 fully saturated rings. The summed E-state index contributed by atoms with van der Waals surface area (Å²) in [6, 6.07) is 25.9. The summed E-state index contributed by atoms with van der Waals surface area (Å²) < 4.78 is 4.63. The van der Waals surface area contributed by atoms with Gasteiger partial charge in [-0.2, -0.15) is 10.5 Å². The van der Waals surface area contributed by atoms with Crippen LogP contribution in [0.4, 0.5) is 17.1 Å². The largest absolute Gasteiger partial charge is 0.477 e. The first-order chi connectivity index (χ1) is 16.4. The highest BCUT2D eigenvalue weighted by molar-refractivity contribution is 5.96. The van der Waals surface area contributed by atoms with Gasteiger partial charge >= 0.3 is 5.97 Å². The Morgan fingerprint density at radius 2 is 1.29 bits per heavy atom. The minimum absolute atomic E-state index is 0.111. The molecule has 0 unspecified atom stereocenters. The van der Waals surface area contributed by atoms with E-state index in [4.69, 9.17) is 15.6 Å². The lowest BCUT2D eigenvalue weighted by Gasteiger charge is -2.26. The molecule has 34 heavy (non-hydrogen) atoms. The van der Waals surface area contributed by atoms with Gasteiger partial charge in [-0.25, -0.2) is 4.79 Å². The van der Waals surface area contributed by atoms with Gasteiger partial charge in [-0.15, -0.1) is 0 Å². The Kier molecular flexibility index (Phi) is 7.57. The van der Waals surface area contributed by atoms with Crippen LogP contribution in [0.15, 0.2) is 84.1 Å². The van der Waals surface area contributed by atoms with Crippen molar-refractivity contribution in [3.05, 3.63) is 101 Å². The van der Waals surface area contributed by atoms with Gasteiger partial charge in [0.25, 0.3) is 6.47 Å². The Labute approximate surface area is 196 Å². The molecule has 0 aliphatic heterocycles. The van der Waals surface area contributed by atoms with Gasteiger partial charge in [-0.1, -0.05) is 42.0 Å². The van der Waals surface area contributed by atoms with E-state index in [1.165, 1.54) is 12.2 Å². The number of nitriles is 2. The lowest BCUT2D eigenvalue weighted by Crippen LogP contribution is -2.09. The van der Waals surface area contributed by atoms with Gasteiger partial charge in [0.05, 0.1) is 0 Å². The van der Waals surface area contributed by atoms with Crippen LogP contribution in [0.2, 0.25) is 0 Å². The number of hydrogen-bond acceptors (Lipinski definition) is 6. The van der Waals surface area contributed by atoms with Crippen LogP contribution in [0, 0.1) is 29.6 Å². The number of aliphatic carboxylic acids is 1. The zero-order valence-corrected chi connectivity index (χ0v) is 18.2. The molecule has 0 aromatic heterocycles. The SMILES string of the molecule is Cc1ccc(N(c2ccc(C=C(C#N)OC=O)cc2)c2ccc(C=C(C#N)C(=O)O)cc2)cc1. The van der Waals surface area contributed by atoms with Crippen molar-refractivity contribution in [3.63, 3.8) is 0 Å². The van der Waals surface area contributed by atoms with Gasteiger partial charge < -0.3 is 14.7 Å². The van der Waals surface area contributed by atoms with Crippen LogP contribution in [0.5, 0.6) is 0 Å². The van der Waals surface area contributed by atoms with E-state index < -0.39 is 5.97 Å². The zero-order valence-electron chi connectivity index (χ0n) is 18.2. The highest BCUT2D eigenvalue weighted by Crippen LogP contribution is 2.35. The molecule has 0 aliphatic rings. The van der Waals surface area contributed by atoms with E-state index in [1.807, 2.05) is 66.4 Å². The number of hydrogen-bond donors (Lipinski definition) is 1. The Bertz CT molecular complexity index is 1330. The Morgan fingerprint density at radius 1 is 0.824 bits per heavy atom. The van der Waals surface area contributed by atoms with E-state index in [9.17, 15) is 9.59 Å². The van der Waals surface area contributed by atoms with Gasteiger partial charge in [0.2, 0.25) is 5.76 Å². The number of benzene rings is 3. The van der Waals surface area contributed by atoms with Gasteiger partial charge in [-0.05, 0) is 66.6 Å². The molecular weight excluding hydrogens is 430 g/mol. The Hall–Kier alpha value is -5.14. The van der Waals surface area contributed by atoms with Crippen LogP contribution in [-0.4, -0.2) is 17.5 Å². The second-order valence-electron chi connectivity index (χ2n) is 7.16. The first-order valence-corrected chi connectivity index (χ1v) is 10.1. The lowest BCUT2D eigenvalue weighted by molar-refractivity contribution is -0.132. The molecule has 3 aromatic carbocycles. The normalized spacial score (nSPS) is 11.1. The molecule has 0 aliphatic carbocycles. The summed E-state index contributed by atoms with van der Waals surface area (Å²) in [5.74, 6) is -1.39. The smallest absolute Gasteiger partial charge is 0.346 e. The van der Waals surface area contributed by atoms with E-state index in [2.05, 4.69) is 4.74 Å². The standard InChI is InChI=1S/C27H19N3O4/c1-19-2-8-23(9-3-19)30(24-10-4-20(5-11-24)14-22(16-28)27(32)33)25-12-6-21(7-13-25)15-26(17-29)34-18-31/h2-15,18H,1H3,(H,32,33). The van der Waals surface area contributed by atoms with Crippen molar-refractivity contribution in [3.8, 4) is 12.1 Å². The first kappa shape index (κ1) is 23.5. The quantitative estimate of drug-likeness (QED) is 0.209. The monoisotopic (exact) mass is 449 g/mol. The van der Waals surface area contributed by atoms with Crippen molar-refractivity contribution < 1.29 is 19.4 Å². The number of nitrogens with zero attached hydrogens (tertiary/aromatic N) is 3. The maximum atomic E-state index is 11.1. The van der Waals surface area contributed by atoms with Crippen LogP contribution < -0.4 is 4.90 Å². The molecule has 0 heterocycles. The van der Waals surface area contributed by atoms with Crippen molar-refractivity contribution in [2.24, 2.45) is 0 Å². The fourth-order valence-corrected chi connectivity index (χ4v) is 3.18. The number of rotatable bonds is 8. The number of carbonyl (C=O) groups is 2. The summed E-state index contributed by atoms with van der Waals surface area (Å²) in [6.45, 7) is 2.21. The second kappa shape index (κ2) is 10.9. The number of allylic oxidation sites excluding steroid dienone is 1. The molecule has 0 bridgehead atoms. The van der Waals surface area contributed by atoms with Gasteiger partial charge in [0, 0.05) is 17.1 Å². The van der Waals surface area contributed by atoms with Crippen LogP contribution in [0.1, 0.15) is 16.7 Å². The molecule has 0 amide bonds. The third kappa shape index (κ3) is 5.76. The number of carbonyl (C=O) groups excluding carboxylic acids is 1. The highest BCUT2D eigenvalue weighted by Gasteiger charge is 2.13. The van der Waals surface area contributed by atoms with Crippen molar-refractivity contribution in [1.29, 1.82) is 10.5 Å². The van der Waals surface area contributed by atoms with Crippen molar-refractivity contribution in [2.45, 2.75) is 6.92 Å². The minimum atomic E-state index is -1.28. The summed E-state index contributed by atoms with van der Waals surface area (Å²) in [6.07, 6.45) is 2.78. The maximum absolute atomic E-state index is 11.1. The maximum Gasteiger partial charge on any atom is 0.346 e. The van der Waals surface area contributed by atoms with Crippen molar-refractivity contribution >= 4 is 41.7 Å². The molecule has 7 nitrogen and oxygen atoms in total. The zero-order chi connectivity index (χ0) is 24.5. The van der Waals surface area contributed by atoms with Crippen molar-refractivity contribution in [2.75, 3.05) is 4.90 Å². The average Bonchev–Trinajstić information content (AvgIpc) is 2.85. The summed E-state index contributed by atoms with van der Waals surface area (Å²) in [5, 5.41) is 27.1. The number of aryl methyl sites for hydroxylation is 1. The molecule has 0 radical (unpaired) electrons. The molecule has 0 spiro atoms. The molecular formula is C27H19N3O4. The van der Waals surface area contributed by atoms with Crippen molar-refractivity contribution in [1.82, 2.24) is 0 Å². The topological polar surface area (TPSA) is 114 Å². The van der Waals surface area contributed by atoms with E-state index in [0.29, 0.717) is 11.1 Å². The van der Waals surface area contributed by atoms with Crippen LogP contribution in [-0.2, 0) is 14.3 Å². The second-order valence-corrected chi connectivity index (χ2v) is 7.16. The van der Waals surface area contributed by atoms with Crippen LogP contribution in [0.3, 0.4) is 0 Å². The molecule has 0 atom stereocenters. The summed E-state index contributed by atoms with van der Waals surface area (Å²) in [5.41, 5.74) is 4.60. The first-order valence-electron chi connectivity index (χ1n) is 10.1. The summed E-state index contributed by atoms with van der Waals surface area (Å²) >= 11 is 0. The van der Waals surface area contributed by atoms with E-state index >= 15 is 0 Å². The molecule has 3 aromatic rings. The lowest BCUT2D eigenvalue weighted by atomic mass is 10.1. The third-order valence-electron chi connectivity index (χ3n) is 4.84. The fraction of sp³-hybridized carbons (Fsp3) is 0.0370.